The Bertz CT molecular complexity index is 2200. The molecule has 3 amide bonds. The predicted molar refractivity (Wildman–Crippen MR) is 217 cm³/mol. The highest BCUT2D eigenvalue weighted by atomic mass is 16.6. The van der Waals surface area contributed by atoms with Crippen LogP contribution in [-0.4, -0.2) is 119 Å². The Morgan fingerprint density at radius 2 is 1.34 bits per heavy atom. The van der Waals surface area contributed by atoms with E-state index in [0.717, 1.165) is 4.90 Å². The van der Waals surface area contributed by atoms with Crippen LogP contribution in [0.3, 0.4) is 0 Å². The van der Waals surface area contributed by atoms with Crippen molar-refractivity contribution in [2.24, 2.45) is 0 Å². The van der Waals surface area contributed by atoms with Gasteiger partial charge in [0.15, 0.2) is 17.8 Å². The average molecular weight is 851 g/mol. The molecule has 3 aromatic rings. The molecule has 330 valence electrons. The first kappa shape index (κ1) is 44.7. The lowest BCUT2D eigenvalue weighted by Crippen LogP contribution is -2.53. The van der Waals surface area contributed by atoms with E-state index in [1.807, 2.05) is 6.07 Å². The van der Waals surface area contributed by atoms with Crippen LogP contribution < -0.4 is 9.64 Å². The van der Waals surface area contributed by atoms with Crippen LogP contribution in [-0.2, 0) is 55.8 Å². The highest BCUT2D eigenvalue weighted by Crippen LogP contribution is 2.42. The zero-order valence-electron chi connectivity index (χ0n) is 36.4. The van der Waals surface area contributed by atoms with Crippen molar-refractivity contribution in [2.75, 3.05) is 31.8 Å². The summed E-state index contributed by atoms with van der Waals surface area (Å²) in [6.07, 6.45) is -3.40. The number of carbonyl (C=O) groups is 6. The summed E-state index contributed by atoms with van der Waals surface area (Å²) in [6.45, 7) is 16.0. The lowest BCUT2D eigenvalue weighted by Gasteiger charge is -2.36. The Balaban J connectivity index is 1.38. The summed E-state index contributed by atoms with van der Waals surface area (Å²) in [6, 6.07) is 9.47. The van der Waals surface area contributed by atoms with Crippen molar-refractivity contribution in [3.05, 3.63) is 59.3 Å². The molecule has 18 heteroatoms. The Hall–Kier alpha value is -5.88. The fraction of sp³-hybridized carbons (Fsp3) is 0.535. The van der Waals surface area contributed by atoms with E-state index in [-0.39, 0.29) is 55.4 Å². The molecule has 0 saturated carbocycles. The van der Waals surface area contributed by atoms with E-state index in [4.69, 9.17) is 37.9 Å². The summed E-state index contributed by atoms with van der Waals surface area (Å²) in [5.41, 5.74) is -2.69. The predicted octanol–water partition coefficient (Wildman–Crippen LogP) is 6.22. The van der Waals surface area contributed by atoms with Crippen LogP contribution in [0.5, 0.6) is 5.75 Å². The monoisotopic (exact) mass is 850 g/mol. The number of anilines is 1. The number of amides is 3. The smallest absolute Gasteiger partial charge is 0.414 e. The number of aromatic nitrogens is 1. The molecule has 3 aliphatic heterocycles. The van der Waals surface area contributed by atoms with Gasteiger partial charge in [-0.3, -0.25) is 14.7 Å². The van der Waals surface area contributed by atoms with Crippen LogP contribution >= 0.6 is 0 Å². The molecule has 1 aromatic heterocycles. The van der Waals surface area contributed by atoms with Crippen LogP contribution in [0, 0.1) is 0 Å². The number of esters is 3. The first-order chi connectivity index (χ1) is 28.4. The number of hydrogen-bond donors (Lipinski definition) is 1. The summed E-state index contributed by atoms with van der Waals surface area (Å²) < 4.78 is 45.8. The van der Waals surface area contributed by atoms with E-state index >= 15 is 0 Å². The number of fused-ring (bicyclic) bond motifs is 3. The highest BCUT2D eigenvalue weighted by molar-refractivity contribution is 6.04. The van der Waals surface area contributed by atoms with Crippen molar-refractivity contribution in [3.63, 3.8) is 0 Å². The maximum absolute atomic E-state index is 14.1. The van der Waals surface area contributed by atoms with Gasteiger partial charge < -0.3 is 42.9 Å². The first-order valence-electron chi connectivity index (χ1n) is 19.9. The van der Waals surface area contributed by atoms with Gasteiger partial charge in [-0.1, -0.05) is 30.3 Å². The Kier molecular flexibility index (Phi) is 12.1. The topological polar surface area (TPSA) is 202 Å². The zero-order valence-corrected chi connectivity index (χ0v) is 36.4. The minimum atomic E-state index is -1.24. The number of methoxy groups -OCH3 is 1. The maximum atomic E-state index is 14.1. The van der Waals surface area contributed by atoms with Crippen molar-refractivity contribution in [1.29, 1.82) is 0 Å². The third-order valence-electron chi connectivity index (χ3n) is 10.1. The van der Waals surface area contributed by atoms with E-state index < -0.39 is 77.0 Å². The molecule has 0 spiro atoms. The van der Waals surface area contributed by atoms with Crippen LogP contribution in [0.25, 0.3) is 10.9 Å². The number of benzene rings is 2. The summed E-state index contributed by atoms with van der Waals surface area (Å²) in [5.74, 6) is -2.53. The molecule has 0 bridgehead atoms. The van der Waals surface area contributed by atoms with E-state index in [1.54, 1.807) is 93.5 Å². The maximum Gasteiger partial charge on any atom is 0.414 e. The first-order valence-corrected chi connectivity index (χ1v) is 19.9. The van der Waals surface area contributed by atoms with Crippen molar-refractivity contribution < 1.29 is 66.7 Å². The fourth-order valence-corrected chi connectivity index (χ4v) is 7.39. The molecule has 2 fully saturated rings. The number of H-pyrrole nitrogens is 1. The van der Waals surface area contributed by atoms with E-state index in [2.05, 4.69) is 4.98 Å². The number of rotatable bonds is 7. The lowest BCUT2D eigenvalue weighted by molar-refractivity contribution is -0.154. The standard InChI is InChI=1S/C43H54N4O14/c1-40(2,3)60-38(52)46-30(22-56-42(46,7)8)35(49)58-25-17-26-27-18-28(34(48)54-11)44-33(27)32(19-29(26)45(20-25)37(51)55-21-24-15-13-12-14-16-24)59-36(50)31-23-57-43(9,10)47(31)39(53)61-41(4,5)6/h12-16,18-19,25,30-31,44H,17,20-23H2,1-11H3/t25?,30-,31-/m0/s1. The number of nitrogens with one attached hydrogen (secondary N) is 1. The van der Waals surface area contributed by atoms with Gasteiger partial charge in [-0.15, -0.1) is 0 Å². The number of ether oxygens (including phenoxy) is 8. The SMILES string of the molecule is COC(=O)c1cc2c3c(cc(OC(=O)[C@@H]4COC(C)(C)N4C(=O)OC(C)(C)C)c2[nH]1)N(C(=O)OCc1ccccc1)CC(OC(=O)[C@@H]1COC(C)(C)N1C(=O)OC(C)(C)C)C3. The second kappa shape index (κ2) is 16.5. The van der Waals surface area contributed by atoms with Crippen molar-refractivity contribution in [2.45, 2.75) is 123 Å². The van der Waals surface area contributed by atoms with Crippen molar-refractivity contribution >= 4 is 52.8 Å². The molecule has 2 saturated heterocycles. The Labute approximate surface area is 353 Å². The van der Waals surface area contributed by atoms with Gasteiger partial charge in [0.1, 0.15) is 41.1 Å². The van der Waals surface area contributed by atoms with E-state index in [9.17, 15) is 28.8 Å². The summed E-state index contributed by atoms with van der Waals surface area (Å²) in [7, 11) is 1.20. The molecular weight excluding hydrogens is 796 g/mol. The minimum Gasteiger partial charge on any atom is -0.464 e. The van der Waals surface area contributed by atoms with Crippen LogP contribution in [0.1, 0.15) is 90.9 Å². The van der Waals surface area contributed by atoms with Crippen LogP contribution in [0.2, 0.25) is 0 Å². The van der Waals surface area contributed by atoms with E-state index in [1.165, 1.54) is 29.0 Å². The quantitative estimate of drug-likeness (QED) is 0.160. The largest absolute Gasteiger partial charge is 0.464 e. The lowest BCUT2D eigenvalue weighted by atomic mass is 9.95. The molecule has 1 N–H and O–H groups in total. The van der Waals surface area contributed by atoms with Crippen LogP contribution in [0.15, 0.2) is 42.5 Å². The van der Waals surface area contributed by atoms with Gasteiger partial charge in [-0.25, -0.2) is 28.8 Å². The van der Waals surface area contributed by atoms with Crippen LogP contribution in [0.4, 0.5) is 20.1 Å². The number of carbonyl (C=O) groups excluding carboxylic acids is 6. The molecule has 4 heterocycles. The van der Waals surface area contributed by atoms with Gasteiger partial charge in [0.2, 0.25) is 0 Å². The molecule has 1 unspecified atom stereocenters. The molecule has 0 aliphatic carbocycles. The molecule has 6 rings (SSSR count). The number of hydrogen-bond acceptors (Lipinski definition) is 14. The summed E-state index contributed by atoms with van der Waals surface area (Å²) >= 11 is 0. The van der Waals surface area contributed by atoms with Gasteiger partial charge in [0.05, 0.1) is 38.1 Å². The average Bonchev–Trinajstić information content (AvgIpc) is 3.85. The molecule has 3 atom stereocenters. The molecular formula is C43H54N4O14. The van der Waals surface area contributed by atoms with Crippen molar-refractivity contribution in [3.8, 4) is 5.75 Å². The normalized spacial score (nSPS) is 20.8. The van der Waals surface area contributed by atoms with E-state index in [0.29, 0.717) is 16.5 Å². The molecule has 61 heavy (non-hydrogen) atoms. The fourth-order valence-electron chi connectivity index (χ4n) is 7.39. The molecule has 0 radical (unpaired) electrons. The Morgan fingerprint density at radius 3 is 1.89 bits per heavy atom. The van der Waals surface area contributed by atoms with Gasteiger partial charge >= 0.3 is 36.2 Å². The van der Waals surface area contributed by atoms with Gasteiger partial charge in [0, 0.05) is 17.9 Å². The second-order valence-electron chi connectivity index (χ2n) is 17.9. The Morgan fingerprint density at radius 1 is 0.787 bits per heavy atom. The van der Waals surface area contributed by atoms with Gasteiger partial charge in [0.25, 0.3) is 0 Å². The number of aromatic amines is 1. The summed E-state index contributed by atoms with van der Waals surface area (Å²) in [4.78, 5) is 88.5. The minimum absolute atomic E-state index is 0.00716. The third-order valence-corrected chi connectivity index (χ3v) is 10.1. The summed E-state index contributed by atoms with van der Waals surface area (Å²) in [5, 5.41) is 0.329. The second-order valence-corrected chi connectivity index (χ2v) is 17.9. The molecule has 2 aromatic carbocycles. The zero-order chi connectivity index (χ0) is 44.8. The van der Waals surface area contributed by atoms with Crippen molar-refractivity contribution in [1.82, 2.24) is 14.8 Å². The third kappa shape index (κ3) is 9.70. The molecule has 3 aliphatic rings. The molecule has 18 nitrogen and oxygen atoms in total. The highest BCUT2D eigenvalue weighted by Gasteiger charge is 2.52. The van der Waals surface area contributed by atoms with Gasteiger partial charge in [-0.05, 0) is 86.4 Å². The van der Waals surface area contributed by atoms with Gasteiger partial charge in [-0.2, -0.15) is 0 Å². The number of nitrogens with zero attached hydrogens (tertiary/aromatic N) is 3.